The van der Waals surface area contributed by atoms with Crippen molar-refractivity contribution >= 4 is 23.7 Å². The van der Waals surface area contributed by atoms with E-state index in [2.05, 4.69) is 25.5 Å². The summed E-state index contributed by atoms with van der Waals surface area (Å²) in [5.74, 6) is 0.795. The maximum absolute atomic E-state index is 11.9. The molecular formula is C17H26ClN5O2. The smallest absolute Gasteiger partial charge is 0.407 e. The Kier molecular flexibility index (Phi) is 6.47. The number of aromatic nitrogens is 1. The van der Waals surface area contributed by atoms with E-state index in [-0.39, 0.29) is 12.1 Å². The number of alkyl carbamates (subject to hydrolysis) is 1. The van der Waals surface area contributed by atoms with E-state index in [0.717, 1.165) is 24.5 Å². The number of likely N-dealkylation sites (tertiary alicyclic amines) is 1. The maximum Gasteiger partial charge on any atom is 0.407 e. The van der Waals surface area contributed by atoms with Crippen LogP contribution >= 0.6 is 11.6 Å². The normalized spacial score (nSPS) is 18.2. The zero-order valence-corrected chi connectivity index (χ0v) is 15.9. The van der Waals surface area contributed by atoms with E-state index in [4.69, 9.17) is 16.3 Å². The number of nitrogens with zero attached hydrogens (tertiary/aromatic N) is 3. The van der Waals surface area contributed by atoms with Gasteiger partial charge in [-0.25, -0.2) is 9.78 Å². The highest BCUT2D eigenvalue weighted by Crippen LogP contribution is 2.12. The van der Waals surface area contributed by atoms with Gasteiger partial charge < -0.3 is 20.3 Å². The monoisotopic (exact) mass is 367 g/mol. The number of rotatable bonds is 3. The summed E-state index contributed by atoms with van der Waals surface area (Å²) >= 11 is 5.79. The van der Waals surface area contributed by atoms with E-state index in [9.17, 15) is 4.79 Å². The predicted octanol–water partition coefficient (Wildman–Crippen LogP) is 2.41. The Morgan fingerprint density at radius 1 is 1.48 bits per heavy atom. The number of halogens is 1. The molecule has 1 unspecified atom stereocenters. The molecule has 1 aromatic rings. The van der Waals surface area contributed by atoms with Crippen LogP contribution in [0.4, 0.5) is 4.79 Å². The van der Waals surface area contributed by atoms with Gasteiger partial charge in [0, 0.05) is 32.9 Å². The van der Waals surface area contributed by atoms with Crippen molar-refractivity contribution in [3.05, 3.63) is 29.0 Å². The van der Waals surface area contributed by atoms with Crippen LogP contribution in [0.25, 0.3) is 0 Å². The lowest BCUT2D eigenvalue weighted by molar-refractivity contribution is 0.0507. The molecule has 0 saturated carbocycles. The first-order valence-corrected chi connectivity index (χ1v) is 8.70. The van der Waals surface area contributed by atoms with Crippen LogP contribution < -0.4 is 10.6 Å². The van der Waals surface area contributed by atoms with Gasteiger partial charge in [0.25, 0.3) is 0 Å². The molecule has 1 aliphatic rings. The maximum atomic E-state index is 11.9. The second kappa shape index (κ2) is 8.38. The molecule has 1 saturated heterocycles. The van der Waals surface area contributed by atoms with Crippen molar-refractivity contribution < 1.29 is 9.53 Å². The summed E-state index contributed by atoms with van der Waals surface area (Å²) < 4.78 is 5.30. The van der Waals surface area contributed by atoms with Crippen LogP contribution in [0.3, 0.4) is 0 Å². The van der Waals surface area contributed by atoms with Gasteiger partial charge in [-0.1, -0.05) is 17.7 Å². The minimum atomic E-state index is -0.493. The Hall–Kier alpha value is -2.02. The number of carbonyl (C=O) groups excluding carboxylic acids is 1. The summed E-state index contributed by atoms with van der Waals surface area (Å²) in [5.41, 5.74) is 0.528. The molecule has 1 fully saturated rings. The largest absolute Gasteiger partial charge is 0.444 e. The van der Waals surface area contributed by atoms with Crippen LogP contribution in [0.5, 0.6) is 0 Å². The highest BCUT2D eigenvalue weighted by atomic mass is 35.5. The van der Waals surface area contributed by atoms with Crippen molar-refractivity contribution in [3.8, 4) is 0 Å². The number of hydrogen-bond donors (Lipinski definition) is 2. The Morgan fingerprint density at radius 2 is 2.24 bits per heavy atom. The predicted molar refractivity (Wildman–Crippen MR) is 98.8 cm³/mol. The van der Waals surface area contributed by atoms with Gasteiger partial charge >= 0.3 is 6.09 Å². The number of pyridine rings is 1. The van der Waals surface area contributed by atoms with Crippen molar-refractivity contribution in [3.63, 3.8) is 0 Å². The molecule has 7 nitrogen and oxygen atoms in total. The van der Waals surface area contributed by atoms with Crippen LogP contribution in [-0.4, -0.2) is 53.7 Å². The average molecular weight is 368 g/mol. The first kappa shape index (κ1) is 19.3. The van der Waals surface area contributed by atoms with E-state index in [1.807, 2.05) is 26.8 Å². The minimum absolute atomic E-state index is 0.0469. The van der Waals surface area contributed by atoms with Crippen molar-refractivity contribution in [2.45, 2.75) is 45.4 Å². The van der Waals surface area contributed by atoms with Crippen LogP contribution in [0.2, 0.25) is 5.15 Å². The molecule has 1 aliphatic heterocycles. The number of aliphatic imine (C=N–C) groups is 1. The average Bonchev–Trinajstić information content (AvgIpc) is 2.96. The van der Waals surface area contributed by atoms with Crippen LogP contribution in [0, 0.1) is 0 Å². The van der Waals surface area contributed by atoms with Crippen LogP contribution in [0.15, 0.2) is 23.3 Å². The molecule has 0 spiro atoms. The number of amides is 1. The summed E-state index contributed by atoms with van der Waals surface area (Å²) in [6, 6.07) is 3.73. The molecule has 138 valence electrons. The molecule has 1 amide bonds. The molecule has 2 heterocycles. The van der Waals surface area contributed by atoms with Gasteiger partial charge in [-0.15, -0.1) is 0 Å². The molecule has 0 bridgehead atoms. The molecule has 8 heteroatoms. The number of ether oxygens (including phenoxy) is 1. The SMILES string of the molecule is CN=C(NCc1ccc(Cl)nc1)N1CCC(NC(=O)OC(C)(C)C)C1. The van der Waals surface area contributed by atoms with Crippen molar-refractivity contribution in [2.24, 2.45) is 4.99 Å². The van der Waals surface area contributed by atoms with Gasteiger partial charge in [-0.05, 0) is 38.8 Å². The fourth-order valence-electron chi connectivity index (χ4n) is 2.57. The van der Waals surface area contributed by atoms with E-state index in [0.29, 0.717) is 18.2 Å². The Morgan fingerprint density at radius 3 is 2.84 bits per heavy atom. The van der Waals surface area contributed by atoms with E-state index < -0.39 is 5.60 Å². The summed E-state index contributed by atoms with van der Waals surface area (Å²) in [4.78, 5) is 22.4. The topological polar surface area (TPSA) is 78.9 Å². The zero-order valence-electron chi connectivity index (χ0n) is 15.2. The second-order valence-electron chi connectivity index (χ2n) is 6.97. The van der Waals surface area contributed by atoms with Crippen LogP contribution in [-0.2, 0) is 11.3 Å². The summed E-state index contributed by atoms with van der Waals surface area (Å²) in [6.07, 6.45) is 2.21. The lowest BCUT2D eigenvalue weighted by Gasteiger charge is -2.23. The lowest BCUT2D eigenvalue weighted by Crippen LogP contribution is -2.44. The summed E-state index contributed by atoms with van der Waals surface area (Å²) in [7, 11) is 1.75. The standard InChI is InChI=1S/C17H26ClN5O2/c1-17(2,3)25-16(24)22-13-7-8-23(11-13)15(19-4)21-10-12-5-6-14(18)20-9-12/h5-6,9,13H,7-8,10-11H2,1-4H3,(H,19,21)(H,22,24). The van der Waals surface area contributed by atoms with Gasteiger partial charge in [0.05, 0.1) is 6.04 Å². The second-order valence-corrected chi connectivity index (χ2v) is 7.36. The zero-order chi connectivity index (χ0) is 18.4. The summed E-state index contributed by atoms with van der Waals surface area (Å²) in [5, 5.41) is 6.70. The highest BCUT2D eigenvalue weighted by Gasteiger charge is 2.27. The van der Waals surface area contributed by atoms with Gasteiger partial charge in [0.15, 0.2) is 5.96 Å². The van der Waals surface area contributed by atoms with E-state index in [1.165, 1.54) is 0 Å². The van der Waals surface area contributed by atoms with E-state index in [1.54, 1.807) is 19.3 Å². The minimum Gasteiger partial charge on any atom is -0.444 e. The van der Waals surface area contributed by atoms with Crippen molar-refractivity contribution in [1.29, 1.82) is 0 Å². The number of carbonyl (C=O) groups is 1. The number of hydrogen-bond acceptors (Lipinski definition) is 4. The Labute approximate surface area is 153 Å². The van der Waals surface area contributed by atoms with Gasteiger partial charge in [0.2, 0.25) is 0 Å². The number of nitrogens with one attached hydrogen (secondary N) is 2. The molecular weight excluding hydrogens is 342 g/mol. The molecule has 2 N–H and O–H groups in total. The molecule has 2 rings (SSSR count). The third-order valence-corrected chi connectivity index (χ3v) is 3.88. The molecule has 1 atom stereocenters. The molecule has 0 radical (unpaired) electrons. The summed E-state index contributed by atoms with van der Waals surface area (Å²) in [6.45, 7) is 7.68. The molecule has 0 aromatic carbocycles. The molecule has 25 heavy (non-hydrogen) atoms. The Bertz CT molecular complexity index is 612. The van der Waals surface area contributed by atoms with Gasteiger partial charge in [0.1, 0.15) is 10.8 Å². The van der Waals surface area contributed by atoms with Crippen LogP contribution in [0.1, 0.15) is 32.8 Å². The van der Waals surface area contributed by atoms with Crippen molar-refractivity contribution in [2.75, 3.05) is 20.1 Å². The number of guanidine groups is 1. The Balaban J connectivity index is 1.82. The first-order valence-electron chi connectivity index (χ1n) is 8.32. The third-order valence-electron chi connectivity index (χ3n) is 3.66. The first-order chi connectivity index (χ1) is 11.8. The third kappa shape index (κ3) is 6.42. The fraction of sp³-hybridized carbons (Fsp3) is 0.588. The highest BCUT2D eigenvalue weighted by molar-refractivity contribution is 6.29. The lowest BCUT2D eigenvalue weighted by atomic mass is 10.2. The fourth-order valence-corrected chi connectivity index (χ4v) is 2.68. The van der Waals surface area contributed by atoms with Crippen molar-refractivity contribution in [1.82, 2.24) is 20.5 Å². The molecule has 1 aromatic heterocycles. The van der Waals surface area contributed by atoms with E-state index >= 15 is 0 Å². The van der Waals surface area contributed by atoms with Gasteiger partial charge in [-0.3, -0.25) is 4.99 Å². The quantitative estimate of drug-likeness (QED) is 0.487. The molecule has 0 aliphatic carbocycles. The van der Waals surface area contributed by atoms with Gasteiger partial charge in [-0.2, -0.15) is 0 Å².